The van der Waals surface area contributed by atoms with E-state index in [0.717, 1.165) is 43.5 Å². The predicted octanol–water partition coefficient (Wildman–Crippen LogP) is 1.41. The Morgan fingerprint density at radius 3 is 2.68 bits per heavy atom. The minimum atomic E-state index is 0. The SMILES string of the molecule is COc1ccc(CCNC2=NCCN2)cc1OC.I. The van der Waals surface area contributed by atoms with Gasteiger partial charge in [0, 0.05) is 13.1 Å². The summed E-state index contributed by atoms with van der Waals surface area (Å²) in [4.78, 5) is 4.28. The molecule has 0 spiro atoms. The zero-order valence-electron chi connectivity index (χ0n) is 11.2. The van der Waals surface area contributed by atoms with Gasteiger partial charge in [0.1, 0.15) is 0 Å². The molecule has 0 unspecified atom stereocenters. The smallest absolute Gasteiger partial charge is 0.191 e. The second-order valence-electron chi connectivity index (χ2n) is 4.02. The summed E-state index contributed by atoms with van der Waals surface area (Å²) in [6.07, 6.45) is 0.918. The Morgan fingerprint density at radius 1 is 1.26 bits per heavy atom. The van der Waals surface area contributed by atoms with E-state index in [2.05, 4.69) is 15.6 Å². The summed E-state index contributed by atoms with van der Waals surface area (Å²) in [6, 6.07) is 5.98. The van der Waals surface area contributed by atoms with Crippen LogP contribution in [-0.2, 0) is 6.42 Å². The van der Waals surface area contributed by atoms with Crippen LogP contribution in [0.3, 0.4) is 0 Å². The van der Waals surface area contributed by atoms with Gasteiger partial charge in [0.15, 0.2) is 17.5 Å². The van der Waals surface area contributed by atoms with Crippen LogP contribution in [0.15, 0.2) is 23.2 Å². The van der Waals surface area contributed by atoms with Gasteiger partial charge in [0.05, 0.1) is 20.8 Å². The van der Waals surface area contributed by atoms with Gasteiger partial charge in [-0.05, 0) is 24.1 Å². The summed E-state index contributed by atoms with van der Waals surface area (Å²) >= 11 is 0. The number of methoxy groups -OCH3 is 2. The molecule has 19 heavy (non-hydrogen) atoms. The zero-order chi connectivity index (χ0) is 12.8. The van der Waals surface area contributed by atoms with Crippen LogP contribution in [0.4, 0.5) is 0 Å². The van der Waals surface area contributed by atoms with Crippen molar-refractivity contribution in [3.63, 3.8) is 0 Å². The third-order valence-corrected chi connectivity index (χ3v) is 2.83. The number of hydrogen-bond donors (Lipinski definition) is 2. The second kappa shape index (κ2) is 8.08. The number of rotatable bonds is 5. The maximum atomic E-state index is 5.28. The van der Waals surface area contributed by atoms with Gasteiger partial charge in [-0.2, -0.15) is 0 Å². The Morgan fingerprint density at radius 2 is 2.05 bits per heavy atom. The van der Waals surface area contributed by atoms with E-state index in [-0.39, 0.29) is 24.0 Å². The van der Waals surface area contributed by atoms with Crippen molar-refractivity contribution in [1.82, 2.24) is 10.6 Å². The van der Waals surface area contributed by atoms with E-state index in [1.54, 1.807) is 14.2 Å². The molecule has 2 rings (SSSR count). The highest BCUT2D eigenvalue weighted by atomic mass is 127. The highest BCUT2D eigenvalue weighted by molar-refractivity contribution is 14.0. The van der Waals surface area contributed by atoms with Crippen LogP contribution < -0.4 is 20.1 Å². The molecule has 0 atom stereocenters. The molecule has 1 aromatic rings. The van der Waals surface area contributed by atoms with Crippen molar-refractivity contribution in [3.8, 4) is 11.5 Å². The fourth-order valence-corrected chi connectivity index (χ4v) is 1.88. The third kappa shape index (κ3) is 4.45. The van der Waals surface area contributed by atoms with Crippen LogP contribution in [0.5, 0.6) is 11.5 Å². The van der Waals surface area contributed by atoms with Crippen LogP contribution in [0.1, 0.15) is 5.56 Å². The quantitative estimate of drug-likeness (QED) is 0.763. The van der Waals surface area contributed by atoms with Crippen molar-refractivity contribution in [2.45, 2.75) is 6.42 Å². The summed E-state index contributed by atoms with van der Waals surface area (Å²) in [5.74, 6) is 2.43. The van der Waals surface area contributed by atoms with Crippen molar-refractivity contribution < 1.29 is 9.47 Å². The third-order valence-electron chi connectivity index (χ3n) is 2.83. The number of nitrogens with zero attached hydrogens (tertiary/aromatic N) is 1. The average Bonchev–Trinajstić information content (AvgIpc) is 2.91. The Hall–Kier alpha value is -1.18. The number of guanidine groups is 1. The van der Waals surface area contributed by atoms with Crippen molar-refractivity contribution in [1.29, 1.82) is 0 Å². The number of benzene rings is 1. The summed E-state index contributed by atoms with van der Waals surface area (Å²) in [6.45, 7) is 2.64. The average molecular weight is 377 g/mol. The minimum absolute atomic E-state index is 0. The first kappa shape index (κ1) is 15.9. The molecular weight excluding hydrogens is 357 g/mol. The van der Waals surface area contributed by atoms with Gasteiger partial charge < -0.3 is 20.1 Å². The number of hydrogen-bond acceptors (Lipinski definition) is 5. The molecule has 6 heteroatoms. The molecule has 0 bridgehead atoms. The van der Waals surface area contributed by atoms with Crippen LogP contribution >= 0.6 is 24.0 Å². The molecule has 0 fully saturated rings. The lowest BCUT2D eigenvalue weighted by Gasteiger charge is -2.10. The molecule has 0 saturated carbocycles. The van der Waals surface area contributed by atoms with E-state index >= 15 is 0 Å². The van der Waals surface area contributed by atoms with Gasteiger partial charge in [-0.1, -0.05) is 6.07 Å². The summed E-state index contributed by atoms with van der Waals surface area (Å²) in [5, 5.41) is 6.44. The van der Waals surface area contributed by atoms with Gasteiger partial charge in [0.25, 0.3) is 0 Å². The van der Waals surface area contributed by atoms with E-state index in [4.69, 9.17) is 9.47 Å². The van der Waals surface area contributed by atoms with Crippen molar-refractivity contribution >= 4 is 29.9 Å². The zero-order valence-corrected chi connectivity index (χ0v) is 13.6. The molecule has 0 radical (unpaired) electrons. The first-order chi connectivity index (χ1) is 8.83. The standard InChI is InChI=1S/C13H19N3O2.HI/c1-17-11-4-3-10(9-12(11)18-2)5-6-14-13-15-7-8-16-13;/h3-4,9H,5-8H2,1-2H3,(H2,14,15,16);1H. The first-order valence-electron chi connectivity index (χ1n) is 6.06. The normalized spacial score (nSPS) is 13.1. The van der Waals surface area contributed by atoms with Crippen LogP contribution in [0, 0.1) is 0 Å². The fourth-order valence-electron chi connectivity index (χ4n) is 1.88. The van der Waals surface area contributed by atoms with Crippen LogP contribution in [0.2, 0.25) is 0 Å². The predicted molar refractivity (Wildman–Crippen MR) is 87.0 cm³/mol. The molecule has 0 aliphatic carbocycles. The van der Waals surface area contributed by atoms with Gasteiger partial charge in [-0.25, -0.2) is 0 Å². The van der Waals surface area contributed by atoms with Gasteiger partial charge >= 0.3 is 0 Å². The fraction of sp³-hybridized carbons (Fsp3) is 0.462. The lowest BCUT2D eigenvalue weighted by Crippen LogP contribution is -2.34. The second-order valence-corrected chi connectivity index (χ2v) is 4.02. The first-order valence-corrected chi connectivity index (χ1v) is 6.06. The van der Waals surface area contributed by atoms with E-state index in [9.17, 15) is 0 Å². The molecule has 106 valence electrons. The largest absolute Gasteiger partial charge is 0.493 e. The number of aliphatic imine (C=N–C) groups is 1. The molecule has 1 aliphatic rings. The van der Waals surface area contributed by atoms with E-state index < -0.39 is 0 Å². The lowest BCUT2D eigenvalue weighted by molar-refractivity contribution is 0.354. The molecule has 1 aromatic carbocycles. The van der Waals surface area contributed by atoms with Crippen molar-refractivity contribution in [2.24, 2.45) is 4.99 Å². The van der Waals surface area contributed by atoms with E-state index in [0.29, 0.717) is 0 Å². The topological polar surface area (TPSA) is 54.9 Å². The Kier molecular flexibility index (Phi) is 6.75. The molecule has 1 heterocycles. The van der Waals surface area contributed by atoms with Gasteiger partial charge in [-0.15, -0.1) is 24.0 Å². The van der Waals surface area contributed by atoms with Crippen LogP contribution in [0.25, 0.3) is 0 Å². The number of ether oxygens (including phenoxy) is 2. The van der Waals surface area contributed by atoms with Gasteiger partial charge in [0.2, 0.25) is 0 Å². The van der Waals surface area contributed by atoms with E-state index in [1.165, 1.54) is 5.56 Å². The molecule has 0 aromatic heterocycles. The molecule has 0 saturated heterocycles. The monoisotopic (exact) mass is 377 g/mol. The maximum Gasteiger partial charge on any atom is 0.191 e. The van der Waals surface area contributed by atoms with Crippen molar-refractivity contribution in [3.05, 3.63) is 23.8 Å². The number of nitrogens with one attached hydrogen (secondary N) is 2. The highest BCUT2D eigenvalue weighted by Gasteiger charge is 2.06. The van der Waals surface area contributed by atoms with Crippen LogP contribution in [-0.4, -0.2) is 39.8 Å². The lowest BCUT2D eigenvalue weighted by atomic mass is 10.1. The Labute approximate surface area is 130 Å². The van der Waals surface area contributed by atoms with Crippen molar-refractivity contribution in [2.75, 3.05) is 33.9 Å². The summed E-state index contributed by atoms with van der Waals surface area (Å²) in [7, 11) is 3.29. The summed E-state index contributed by atoms with van der Waals surface area (Å²) < 4.78 is 10.5. The van der Waals surface area contributed by atoms with Gasteiger partial charge in [-0.3, -0.25) is 4.99 Å². The van der Waals surface area contributed by atoms with E-state index in [1.807, 2.05) is 18.2 Å². The maximum absolute atomic E-state index is 5.28. The molecule has 2 N–H and O–H groups in total. The number of halogens is 1. The minimum Gasteiger partial charge on any atom is -0.493 e. The molecular formula is C13H20IN3O2. The highest BCUT2D eigenvalue weighted by Crippen LogP contribution is 2.27. The Bertz CT molecular complexity index is 438. The Balaban J connectivity index is 0.00000180. The molecule has 0 amide bonds. The summed E-state index contributed by atoms with van der Waals surface area (Å²) in [5.41, 5.74) is 1.21. The molecule has 1 aliphatic heterocycles. The molecule has 5 nitrogen and oxygen atoms in total.